The molecule has 36 heavy (non-hydrogen) atoms. The van der Waals surface area contributed by atoms with E-state index in [2.05, 4.69) is 4.98 Å². The number of aryl methyl sites for hydroxylation is 2. The summed E-state index contributed by atoms with van der Waals surface area (Å²) in [5, 5.41) is 1.06. The molecule has 1 N–H and O–H groups in total. The maximum atomic E-state index is 13.6. The zero-order chi connectivity index (χ0) is 26.3. The molecule has 0 amide bonds. The van der Waals surface area contributed by atoms with Crippen molar-refractivity contribution in [3.05, 3.63) is 110 Å². The zero-order valence-electron chi connectivity index (χ0n) is 19.4. The number of benzene rings is 3. The van der Waals surface area contributed by atoms with E-state index in [0.29, 0.717) is 28.2 Å². The van der Waals surface area contributed by atoms with E-state index in [0.717, 1.165) is 33.0 Å². The van der Waals surface area contributed by atoms with E-state index >= 15 is 0 Å². The lowest BCUT2D eigenvalue weighted by Crippen LogP contribution is -2.32. The molecule has 3 aromatic carbocycles. The van der Waals surface area contributed by atoms with E-state index in [4.69, 9.17) is 11.6 Å². The third-order valence-electron chi connectivity index (χ3n) is 6.01. The number of fused-ring (bicyclic) bond motifs is 1. The van der Waals surface area contributed by atoms with Gasteiger partial charge in [-0.2, -0.15) is 17.5 Å². The van der Waals surface area contributed by atoms with Crippen LogP contribution in [0.4, 0.5) is 13.2 Å². The molecule has 0 spiro atoms. The number of halogens is 4. The summed E-state index contributed by atoms with van der Waals surface area (Å²) in [4.78, 5) is 15.3. The van der Waals surface area contributed by atoms with Crippen LogP contribution in [0.3, 0.4) is 0 Å². The lowest BCUT2D eigenvalue weighted by molar-refractivity contribution is -0.137. The number of H-pyrrole nitrogens is 1. The standard InChI is InChI=1S/C26H22ClF3N2O3S/c1-16-11-19-13-20(25(33)31-24(19)12-17(16)2)15-32(14-18-5-3-4-6-23(18)27)36(34,35)22-9-7-21(8-10-22)26(28,29)30/h3-13H,14-15H2,1-2H3,(H,31,33). The number of nitrogens with one attached hydrogen (secondary N) is 1. The highest BCUT2D eigenvalue weighted by atomic mass is 35.5. The number of pyridine rings is 1. The Morgan fingerprint density at radius 3 is 2.14 bits per heavy atom. The van der Waals surface area contributed by atoms with Gasteiger partial charge in [-0.3, -0.25) is 4.79 Å². The molecule has 0 unspecified atom stereocenters. The first kappa shape index (κ1) is 25.9. The lowest BCUT2D eigenvalue weighted by atomic mass is 10.0. The third-order valence-corrected chi connectivity index (χ3v) is 8.18. The molecule has 4 rings (SSSR count). The SMILES string of the molecule is Cc1cc2cc(CN(Cc3ccccc3Cl)S(=O)(=O)c3ccc(C(F)(F)F)cc3)c(=O)[nH]c2cc1C. The molecule has 1 aromatic heterocycles. The lowest BCUT2D eigenvalue weighted by Gasteiger charge is -2.23. The minimum Gasteiger partial charge on any atom is -0.322 e. The fourth-order valence-electron chi connectivity index (χ4n) is 3.84. The fraction of sp³-hybridized carbons (Fsp3) is 0.192. The van der Waals surface area contributed by atoms with Gasteiger partial charge in [0, 0.05) is 29.2 Å². The molecule has 5 nitrogen and oxygen atoms in total. The summed E-state index contributed by atoms with van der Waals surface area (Å²) < 4.78 is 67.2. The van der Waals surface area contributed by atoms with Gasteiger partial charge in [0.05, 0.1) is 10.5 Å². The number of alkyl halides is 3. The number of aromatic amines is 1. The van der Waals surface area contributed by atoms with Crippen LogP contribution >= 0.6 is 11.6 Å². The smallest absolute Gasteiger partial charge is 0.322 e. The zero-order valence-corrected chi connectivity index (χ0v) is 20.9. The second-order valence-electron chi connectivity index (χ2n) is 8.53. The largest absolute Gasteiger partial charge is 0.416 e. The van der Waals surface area contributed by atoms with Gasteiger partial charge in [0.25, 0.3) is 5.56 Å². The highest BCUT2D eigenvalue weighted by Crippen LogP contribution is 2.31. The Morgan fingerprint density at radius 1 is 0.889 bits per heavy atom. The van der Waals surface area contributed by atoms with Crippen LogP contribution in [0.5, 0.6) is 0 Å². The van der Waals surface area contributed by atoms with Crippen LogP contribution in [0.15, 0.2) is 76.4 Å². The molecule has 188 valence electrons. The van der Waals surface area contributed by atoms with Gasteiger partial charge in [0.2, 0.25) is 10.0 Å². The van der Waals surface area contributed by atoms with Crippen LogP contribution in [0.1, 0.15) is 27.8 Å². The molecular formula is C26H22ClF3N2O3S. The monoisotopic (exact) mass is 534 g/mol. The van der Waals surface area contributed by atoms with Crippen LogP contribution < -0.4 is 5.56 Å². The average molecular weight is 535 g/mol. The Hall–Kier alpha value is -3.14. The van der Waals surface area contributed by atoms with Crippen LogP contribution in [-0.4, -0.2) is 17.7 Å². The molecule has 0 radical (unpaired) electrons. The Labute approximate surface area is 211 Å². The molecule has 0 aliphatic rings. The molecular weight excluding hydrogens is 513 g/mol. The highest BCUT2D eigenvalue weighted by molar-refractivity contribution is 7.89. The van der Waals surface area contributed by atoms with E-state index in [1.54, 1.807) is 30.3 Å². The molecule has 1 heterocycles. The van der Waals surface area contributed by atoms with Gasteiger partial charge in [-0.05, 0) is 84.5 Å². The predicted octanol–water partition coefficient (Wildman–Crippen LogP) is 6.21. The van der Waals surface area contributed by atoms with Gasteiger partial charge in [-0.15, -0.1) is 0 Å². The Bertz CT molecular complexity index is 1600. The van der Waals surface area contributed by atoms with Gasteiger partial charge in [-0.25, -0.2) is 8.42 Å². The quantitative estimate of drug-likeness (QED) is 0.320. The van der Waals surface area contributed by atoms with Crippen molar-refractivity contribution < 1.29 is 21.6 Å². The van der Waals surface area contributed by atoms with Gasteiger partial charge in [0.1, 0.15) is 0 Å². The maximum Gasteiger partial charge on any atom is 0.416 e. The number of aromatic nitrogens is 1. The predicted molar refractivity (Wildman–Crippen MR) is 133 cm³/mol. The number of hydrogen-bond acceptors (Lipinski definition) is 3. The highest BCUT2D eigenvalue weighted by Gasteiger charge is 2.32. The van der Waals surface area contributed by atoms with E-state index < -0.39 is 27.3 Å². The number of sulfonamides is 1. The first-order valence-electron chi connectivity index (χ1n) is 10.9. The number of rotatable bonds is 6. The molecule has 0 saturated heterocycles. The van der Waals surface area contributed by atoms with Crippen molar-refractivity contribution in [2.24, 2.45) is 0 Å². The Kier molecular flexibility index (Phi) is 7.01. The molecule has 0 fully saturated rings. The van der Waals surface area contributed by atoms with E-state index in [9.17, 15) is 26.4 Å². The summed E-state index contributed by atoms with van der Waals surface area (Å²) in [7, 11) is -4.31. The van der Waals surface area contributed by atoms with Crippen molar-refractivity contribution in [1.29, 1.82) is 0 Å². The molecule has 4 aromatic rings. The molecule has 0 atom stereocenters. The third kappa shape index (κ3) is 5.33. The average Bonchev–Trinajstić information content (AvgIpc) is 2.81. The van der Waals surface area contributed by atoms with Crippen molar-refractivity contribution in [3.8, 4) is 0 Å². The Morgan fingerprint density at radius 2 is 1.50 bits per heavy atom. The van der Waals surface area contributed by atoms with Gasteiger partial charge < -0.3 is 4.98 Å². The maximum absolute atomic E-state index is 13.6. The summed E-state index contributed by atoms with van der Waals surface area (Å²) in [6.07, 6.45) is -4.60. The Balaban J connectivity index is 1.79. The second kappa shape index (κ2) is 9.72. The van der Waals surface area contributed by atoms with Gasteiger partial charge >= 0.3 is 6.18 Å². The molecule has 0 saturated carbocycles. The molecule has 0 aliphatic heterocycles. The van der Waals surface area contributed by atoms with Crippen molar-refractivity contribution in [2.75, 3.05) is 0 Å². The van der Waals surface area contributed by atoms with Crippen molar-refractivity contribution in [3.63, 3.8) is 0 Å². The number of hydrogen-bond donors (Lipinski definition) is 1. The number of nitrogens with zero attached hydrogens (tertiary/aromatic N) is 1. The van der Waals surface area contributed by atoms with Gasteiger partial charge in [0.15, 0.2) is 0 Å². The van der Waals surface area contributed by atoms with Crippen molar-refractivity contribution in [2.45, 2.75) is 38.0 Å². The summed E-state index contributed by atoms with van der Waals surface area (Å²) in [6.45, 7) is 3.35. The van der Waals surface area contributed by atoms with Gasteiger partial charge in [-0.1, -0.05) is 29.8 Å². The van der Waals surface area contributed by atoms with E-state index in [1.807, 2.05) is 26.0 Å². The topological polar surface area (TPSA) is 70.2 Å². The first-order chi connectivity index (χ1) is 16.9. The van der Waals surface area contributed by atoms with Crippen molar-refractivity contribution >= 4 is 32.5 Å². The normalized spacial score (nSPS) is 12.4. The summed E-state index contributed by atoms with van der Waals surface area (Å²) >= 11 is 6.27. The van der Waals surface area contributed by atoms with E-state index in [-0.39, 0.29) is 23.5 Å². The summed E-state index contributed by atoms with van der Waals surface area (Å²) in [5.74, 6) is 0. The summed E-state index contributed by atoms with van der Waals surface area (Å²) in [6, 6.07) is 15.3. The van der Waals surface area contributed by atoms with Crippen LogP contribution in [0, 0.1) is 13.8 Å². The van der Waals surface area contributed by atoms with Crippen LogP contribution in [0.25, 0.3) is 10.9 Å². The molecule has 10 heteroatoms. The van der Waals surface area contributed by atoms with E-state index in [1.165, 1.54) is 0 Å². The second-order valence-corrected chi connectivity index (χ2v) is 10.9. The molecule has 0 bridgehead atoms. The minimum atomic E-state index is -4.60. The van der Waals surface area contributed by atoms with Crippen LogP contribution in [0.2, 0.25) is 5.02 Å². The first-order valence-corrected chi connectivity index (χ1v) is 12.7. The fourth-order valence-corrected chi connectivity index (χ4v) is 5.43. The minimum absolute atomic E-state index is 0.187. The summed E-state index contributed by atoms with van der Waals surface area (Å²) in [5.41, 5.74) is 1.87. The van der Waals surface area contributed by atoms with Crippen LogP contribution in [-0.2, 0) is 29.3 Å². The van der Waals surface area contributed by atoms with Crippen molar-refractivity contribution in [1.82, 2.24) is 9.29 Å². The molecule has 0 aliphatic carbocycles.